The predicted molar refractivity (Wildman–Crippen MR) is 115 cm³/mol. The van der Waals surface area contributed by atoms with Gasteiger partial charge >= 0.3 is 0 Å². The molecule has 0 bridgehead atoms. The number of hydrogen-bond acceptors (Lipinski definition) is 6. The second-order valence-corrected chi connectivity index (χ2v) is 7.35. The second-order valence-electron chi connectivity index (χ2n) is 6.49. The number of hydrogen-bond donors (Lipinski definition) is 1. The average molecular weight is 413 g/mol. The molecule has 0 aliphatic heterocycles. The van der Waals surface area contributed by atoms with E-state index in [0.29, 0.717) is 17.2 Å². The van der Waals surface area contributed by atoms with E-state index in [9.17, 15) is 4.79 Å². The molecular weight excluding hydrogens is 398 g/mol. The second kappa shape index (κ2) is 7.81. The Hall–Kier alpha value is -3.97. The van der Waals surface area contributed by atoms with E-state index < -0.39 is 0 Å². The Morgan fingerprint density at radius 3 is 2.60 bits per heavy atom. The molecule has 0 unspecified atom stereocenters. The molecule has 7 heteroatoms. The van der Waals surface area contributed by atoms with Crippen LogP contribution in [0.3, 0.4) is 0 Å². The Labute approximate surface area is 175 Å². The summed E-state index contributed by atoms with van der Waals surface area (Å²) in [6, 6.07) is 22.6. The van der Waals surface area contributed by atoms with E-state index in [-0.39, 0.29) is 11.6 Å². The molecule has 0 radical (unpaired) electrons. The van der Waals surface area contributed by atoms with Crippen molar-refractivity contribution < 1.29 is 13.7 Å². The van der Waals surface area contributed by atoms with Crippen LogP contribution in [0.1, 0.15) is 10.5 Å². The van der Waals surface area contributed by atoms with Gasteiger partial charge in [-0.2, -0.15) is 0 Å². The summed E-state index contributed by atoms with van der Waals surface area (Å²) >= 11 is 1.59. The van der Waals surface area contributed by atoms with E-state index in [1.165, 1.54) is 6.26 Å². The summed E-state index contributed by atoms with van der Waals surface area (Å²) in [4.78, 5) is 17.3. The van der Waals surface area contributed by atoms with E-state index in [4.69, 9.17) is 13.9 Å². The number of nitrogens with zero attached hydrogens (tertiary/aromatic N) is 2. The van der Waals surface area contributed by atoms with Crippen molar-refractivity contribution in [2.75, 3.05) is 5.32 Å². The van der Waals surface area contributed by atoms with Gasteiger partial charge in [-0.25, -0.2) is 4.98 Å². The molecule has 0 spiro atoms. The van der Waals surface area contributed by atoms with E-state index in [2.05, 4.69) is 10.5 Å². The number of amides is 1. The van der Waals surface area contributed by atoms with Crippen molar-refractivity contribution in [3.8, 4) is 33.3 Å². The quantitative estimate of drug-likeness (QED) is 0.383. The molecule has 5 rings (SSSR count). The highest BCUT2D eigenvalue weighted by atomic mass is 32.1. The summed E-state index contributed by atoms with van der Waals surface area (Å²) in [5.41, 5.74) is 3.68. The lowest BCUT2D eigenvalue weighted by molar-refractivity contribution is 0.101. The SMILES string of the molecule is O=C(Nc1cccc(-c2csc(-c3ccccc3)n2)c1)c1cc(-c2ccco2)on1. The molecule has 0 atom stereocenters. The van der Waals surface area contributed by atoms with Crippen molar-refractivity contribution in [1.82, 2.24) is 10.1 Å². The van der Waals surface area contributed by atoms with Crippen LogP contribution in [-0.4, -0.2) is 16.0 Å². The van der Waals surface area contributed by atoms with Gasteiger partial charge in [0, 0.05) is 28.3 Å². The highest BCUT2D eigenvalue weighted by Crippen LogP contribution is 2.30. The molecular formula is C23H15N3O3S. The zero-order valence-corrected chi connectivity index (χ0v) is 16.4. The largest absolute Gasteiger partial charge is 0.461 e. The molecule has 0 aliphatic carbocycles. The summed E-state index contributed by atoms with van der Waals surface area (Å²) in [5.74, 6) is 0.549. The fraction of sp³-hybridized carbons (Fsp3) is 0. The number of carbonyl (C=O) groups excluding carboxylic acids is 1. The van der Waals surface area contributed by atoms with Crippen molar-refractivity contribution in [2.24, 2.45) is 0 Å². The third-order valence-corrected chi connectivity index (χ3v) is 5.34. The van der Waals surface area contributed by atoms with E-state index >= 15 is 0 Å². The van der Waals surface area contributed by atoms with Crippen LogP contribution in [-0.2, 0) is 0 Å². The molecule has 0 saturated carbocycles. The van der Waals surface area contributed by atoms with Gasteiger partial charge in [-0.3, -0.25) is 4.79 Å². The monoisotopic (exact) mass is 413 g/mol. The van der Waals surface area contributed by atoms with Gasteiger partial charge < -0.3 is 14.3 Å². The first-order chi connectivity index (χ1) is 14.8. The molecule has 6 nitrogen and oxygen atoms in total. The lowest BCUT2D eigenvalue weighted by atomic mass is 10.1. The molecule has 0 fully saturated rings. The number of nitrogens with one attached hydrogen (secondary N) is 1. The van der Waals surface area contributed by atoms with E-state index in [1.807, 2.05) is 60.0 Å². The minimum Gasteiger partial charge on any atom is -0.461 e. The van der Waals surface area contributed by atoms with Crippen molar-refractivity contribution >= 4 is 22.9 Å². The molecule has 5 aromatic rings. The topological polar surface area (TPSA) is 81.2 Å². The predicted octanol–water partition coefficient (Wildman–Crippen LogP) is 5.98. The highest BCUT2D eigenvalue weighted by molar-refractivity contribution is 7.13. The van der Waals surface area contributed by atoms with Crippen LogP contribution in [0, 0.1) is 0 Å². The van der Waals surface area contributed by atoms with Gasteiger partial charge in [0.05, 0.1) is 12.0 Å². The first kappa shape index (κ1) is 18.1. The maximum absolute atomic E-state index is 12.6. The fourth-order valence-corrected chi connectivity index (χ4v) is 3.82. The fourth-order valence-electron chi connectivity index (χ4n) is 2.99. The lowest BCUT2D eigenvalue weighted by Gasteiger charge is -2.04. The molecule has 2 aromatic carbocycles. The van der Waals surface area contributed by atoms with Crippen molar-refractivity contribution in [3.63, 3.8) is 0 Å². The molecule has 0 aliphatic rings. The molecule has 0 saturated heterocycles. The number of thiazole rings is 1. The number of benzene rings is 2. The lowest BCUT2D eigenvalue weighted by Crippen LogP contribution is -2.12. The van der Waals surface area contributed by atoms with Gasteiger partial charge in [0.25, 0.3) is 5.91 Å². The van der Waals surface area contributed by atoms with E-state index in [1.54, 1.807) is 29.5 Å². The third kappa shape index (κ3) is 3.66. The Balaban J connectivity index is 1.34. The molecule has 1 N–H and O–H groups in total. The average Bonchev–Trinajstić information content (AvgIpc) is 3.56. The van der Waals surface area contributed by atoms with Gasteiger partial charge in [-0.05, 0) is 24.3 Å². The normalized spacial score (nSPS) is 10.8. The number of carbonyl (C=O) groups is 1. The molecule has 1 amide bonds. The molecule has 146 valence electrons. The minimum absolute atomic E-state index is 0.173. The third-order valence-electron chi connectivity index (χ3n) is 4.45. The van der Waals surface area contributed by atoms with Crippen LogP contribution in [0.2, 0.25) is 0 Å². The van der Waals surface area contributed by atoms with Gasteiger partial charge in [0.1, 0.15) is 5.01 Å². The van der Waals surface area contributed by atoms with Crippen molar-refractivity contribution in [1.29, 1.82) is 0 Å². The number of rotatable bonds is 5. The molecule has 3 heterocycles. The Bertz CT molecular complexity index is 1290. The van der Waals surface area contributed by atoms with Crippen LogP contribution in [0.4, 0.5) is 5.69 Å². The van der Waals surface area contributed by atoms with Crippen LogP contribution < -0.4 is 5.32 Å². The first-order valence-electron chi connectivity index (χ1n) is 9.19. The first-order valence-corrected chi connectivity index (χ1v) is 10.1. The maximum Gasteiger partial charge on any atom is 0.277 e. The van der Waals surface area contributed by atoms with Gasteiger partial charge in [0.2, 0.25) is 5.76 Å². The standard InChI is InChI=1S/C23H15N3O3S/c27-22(18-13-21(29-26-18)20-10-5-11-28-20)24-17-9-4-8-16(12-17)19-14-30-23(25-19)15-6-2-1-3-7-15/h1-14H,(H,24,27). The highest BCUT2D eigenvalue weighted by Gasteiger charge is 2.16. The van der Waals surface area contributed by atoms with E-state index in [0.717, 1.165) is 21.8 Å². The van der Waals surface area contributed by atoms with Crippen molar-refractivity contribution in [2.45, 2.75) is 0 Å². The maximum atomic E-state index is 12.6. The zero-order chi connectivity index (χ0) is 20.3. The number of aromatic nitrogens is 2. The molecule has 3 aromatic heterocycles. The summed E-state index contributed by atoms with van der Waals surface area (Å²) in [6.07, 6.45) is 1.53. The smallest absolute Gasteiger partial charge is 0.277 e. The van der Waals surface area contributed by atoms with Gasteiger partial charge in [0.15, 0.2) is 11.5 Å². The van der Waals surface area contributed by atoms with Crippen LogP contribution >= 0.6 is 11.3 Å². The summed E-state index contributed by atoms with van der Waals surface area (Å²) < 4.78 is 10.5. The Kier molecular flexibility index (Phi) is 4.71. The summed E-state index contributed by atoms with van der Waals surface area (Å²) in [7, 11) is 0. The van der Waals surface area contributed by atoms with Crippen LogP contribution in [0.25, 0.3) is 33.3 Å². The number of anilines is 1. The minimum atomic E-state index is -0.364. The van der Waals surface area contributed by atoms with Gasteiger partial charge in [-0.1, -0.05) is 47.6 Å². The summed E-state index contributed by atoms with van der Waals surface area (Å²) in [5, 5.41) is 9.64. The molecule has 30 heavy (non-hydrogen) atoms. The zero-order valence-electron chi connectivity index (χ0n) is 15.6. The number of furan rings is 1. The Morgan fingerprint density at radius 1 is 0.900 bits per heavy atom. The van der Waals surface area contributed by atoms with Crippen LogP contribution in [0.5, 0.6) is 0 Å². The summed E-state index contributed by atoms with van der Waals surface area (Å²) in [6.45, 7) is 0. The van der Waals surface area contributed by atoms with Crippen molar-refractivity contribution in [3.05, 3.63) is 90.1 Å². The van der Waals surface area contributed by atoms with Gasteiger partial charge in [-0.15, -0.1) is 11.3 Å². The van der Waals surface area contributed by atoms with Crippen LogP contribution in [0.15, 0.2) is 93.4 Å². The Morgan fingerprint density at radius 2 is 1.77 bits per heavy atom.